The summed E-state index contributed by atoms with van der Waals surface area (Å²) in [6.45, 7) is 0.448. The molecule has 11 heavy (non-hydrogen) atoms. The van der Waals surface area contributed by atoms with E-state index in [1.165, 1.54) is 0 Å². The van der Waals surface area contributed by atoms with Gasteiger partial charge in [0.05, 0.1) is 0 Å². The van der Waals surface area contributed by atoms with E-state index in [9.17, 15) is 4.79 Å². The normalized spacial score (nSPS) is 9.09. The standard InChI is InChI=1S/C8H8NO2/c10-6-9-5-7-1-3-8(11)4-2-7/h1-4,11H,5H2,(H,9,10). The maximum Gasteiger partial charge on any atom is 0.309 e. The van der Waals surface area contributed by atoms with Gasteiger partial charge >= 0.3 is 6.41 Å². The molecule has 1 amide bonds. The molecule has 0 saturated heterocycles. The van der Waals surface area contributed by atoms with Crippen molar-refractivity contribution >= 4 is 6.41 Å². The lowest BCUT2D eigenvalue weighted by Gasteiger charge is -1.97. The molecule has 3 heteroatoms. The number of hydrogen-bond acceptors (Lipinski definition) is 2. The maximum absolute atomic E-state index is 9.76. The average Bonchev–Trinajstić information content (AvgIpc) is 2.04. The summed E-state index contributed by atoms with van der Waals surface area (Å²) in [6, 6.07) is 6.61. The Balaban J connectivity index is 2.58. The molecule has 0 heterocycles. The van der Waals surface area contributed by atoms with Crippen LogP contribution >= 0.6 is 0 Å². The highest BCUT2D eigenvalue weighted by molar-refractivity contribution is 5.47. The Labute approximate surface area is 64.7 Å². The fraction of sp³-hybridized carbons (Fsp3) is 0.125. The summed E-state index contributed by atoms with van der Waals surface area (Å²) >= 11 is 0. The van der Waals surface area contributed by atoms with E-state index in [1.54, 1.807) is 30.7 Å². The number of phenolic OH excluding ortho intramolecular Hbond substituents is 1. The van der Waals surface area contributed by atoms with Gasteiger partial charge in [-0.2, -0.15) is 0 Å². The first kappa shape index (κ1) is 7.60. The average molecular weight is 150 g/mol. The molecule has 1 aromatic rings. The second-order valence-corrected chi connectivity index (χ2v) is 2.12. The van der Waals surface area contributed by atoms with Gasteiger partial charge in [-0.25, -0.2) is 0 Å². The molecule has 0 aliphatic heterocycles. The quantitative estimate of drug-likeness (QED) is 0.618. The van der Waals surface area contributed by atoms with Crippen molar-refractivity contribution in [1.82, 2.24) is 5.32 Å². The van der Waals surface area contributed by atoms with Crippen molar-refractivity contribution in [2.75, 3.05) is 0 Å². The highest BCUT2D eigenvalue weighted by Crippen LogP contribution is 2.08. The molecule has 0 bridgehead atoms. The second kappa shape index (κ2) is 3.61. The van der Waals surface area contributed by atoms with Gasteiger partial charge in [0.2, 0.25) is 0 Å². The minimum absolute atomic E-state index is 0.226. The Kier molecular flexibility index (Phi) is 2.49. The molecule has 0 saturated carbocycles. The number of nitrogens with one attached hydrogen (secondary N) is 1. The number of benzene rings is 1. The van der Waals surface area contributed by atoms with E-state index in [4.69, 9.17) is 5.11 Å². The van der Waals surface area contributed by atoms with Gasteiger partial charge < -0.3 is 10.4 Å². The van der Waals surface area contributed by atoms with Crippen molar-refractivity contribution in [3.63, 3.8) is 0 Å². The molecule has 57 valence electrons. The largest absolute Gasteiger partial charge is 0.508 e. The molecule has 0 aliphatic rings. The summed E-state index contributed by atoms with van der Waals surface area (Å²) in [7, 11) is 0. The van der Waals surface area contributed by atoms with E-state index in [0.717, 1.165) is 5.56 Å². The minimum atomic E-state index is 0.226. The number of rotatable bonds is 3. The fourth-order valence-corrected chi connectivity index (χ4v) is 0.752. The van der Waals surface area contributed by atoms with E-state index < -0.39 is 0 Å². The van der Waals surface area contributed by atoms with E-state index in [1.807, 2.05) is 0 Å². The van der Waals surface area contributed by atoms with Crippen molar-refractivity contribution in [3.8, 4) is 5.75 Å². The van der Waals surface area contributed by atoms with Crippen LogP contribution in [0.25, 0.3) is 0 Å². The third kappa shape index (κ3) is 2.29. The Hall–Kier alpha value is -1.51. The van der Waals surface area contributed by atoms with Crippen LogP contribution in [0.5, 0.6) is 5.75 Å². The summed E-state index contributed by atoms with van der Waals surface area (Å²) in [5.74, 6) is 0.226. The van der Waals surface area contributed by atoms with Crippen molar-refractivity contribution in [2.24, 2.45) is 0 Å². The molecule has 1 aromatic carbocycles. The molecular weight excluding hydrogens is 142 g/mol. The first-order chi connectivity index (χ1) is 5.33. The zero-order chi connectivity index (χ0) is 8.10. The van der Waals surface area contributed by atoms with E-state index >= 15 is 0 Å². The van der Waals surface area contributed by atoms with Crippen LogP contribution in [0.3, 0.4) is 0 Å². The smallest absolute Gasteiger partial charge is 0.309 e. The number of amides is 1. The van der Waals surface area contributed by atoms with Crippen LogP contribution in [0, 0.1) is 0 Å². The lowest BCUT2D eigenvalue weighted by atomic mass is 10.2. The summed E-state index contributed by atoms with van der Waals surface area (Å²) in [4.78, 5) is 9.76. The minimum Gasteiger partial charge on any atom is -0.508 e. The number of hydrogen-bond donors (Lipinski definition) is 2. The first-order valence-corrected chi connectivity index (χ1v) is 3.21. The summed E-state index contributed by atoms with van der Waals surface area (Å²) in [6.07, 6.45) is 1.57. The van der Waals surface area contributed by atoms with Gasteiger partial charge in [0, 0.05) is 6.54 Å². The van der Waals surface area contributed by atoms with E-state index in [2.05, 4.69) is 5.32 Å². The van der Waals surface area contributed by atoms with Gasteiger partial charge in [-0.3, -0.25) is 4.79 Å². The zero-order valence-electron chi connectivity index (χ0n) is 5.87. The van der Waals surface area contributed by atoms with Gasteiger partial charge in [-0.15, -0.1) is 0 Å². The van der Waals surface area contributed by atoms with Crippen LogP contribution in [-0.4, -0.2) is 11.5 Å². The van der Waals surface area contributed by atoms with Gasteiger partial charge in [-0.05, 0) is 17.7 Å². The maximum atomic E-state index is 9.76. The fourth-order valence-electron chi connectivity index (χ4n) is 0.752. The zero-order valence-corrected chi connectivity index (χ0v) is 5.87. The third-order valence-corrected chi connectivity index (χ3v) is 1.30. The number of phenols is 1. The van der Waals surface area contributed by atoms with Crippen LogP contribution < -0.4 is 5.32 Å². The SMILES string of the molecule is O=[C]NCc1ccc(O)cc1. The highest BCUT2D eigenvalue weighted by atomic mass is 16.3. The van der Waals surface area contributed by atoms with Gasteiger partial charge in [0.1, 0.15) is 5.75 Å². The third-order valence-electron chi connectivity index (χ3n) is 1.30. The summed E-state index contributed by atoms with van der Waals surface area (Å²) < 4.78 is 0. The molecule has 0 aliphatic carbocycles. The predicted octanol–water partition coefficient (Wildman–Crippen LogP) is 0.549. The second-order valence-electron chi connectivity index (χ2n) is 2.12. The predicted molar refractivity (Wildman–Crippen MR) is 40.6 cm³/mol. The van der Waals surface area contributed by atoms with Crippen LogP contribution in [0.2, 0.25) is 0 Å². The van der Waals surface area contributed by atoms with Crippen molar-refractivity contribution in [2.45, 2.75) is 6.54 Å². The molecule has 3 nitrogen and oxygen atoms in total. The highest BCUT2D eigenvalue weighted by Gasteiger charge is 1.90. The molecule has 0 atom stereocenters. The molecule has 2 N–H and O–H groups in total. The topological polar surface area (TPSA) is 49.3 Å². The van der Waals surface area contributed by atoms with Gasteiger partial charge in [-0.1, -0.05) is 12.1 Å². The lowest BCUT2D eigenvalue weighted by Crippen LogP contribution is -2.09. The molecule has 1 radical (unpaired) electrons. The van der Waals surface area contributed by atoms with Crippen molar-refractivity contribution in [3.05, 3.63) is 29.8 Å². The van der Waals surface area contributed by atoms with Gasteiger partial charge in [0.25, 0.3) is 0 Å². The van der Waals surface area contributed by atoms with Crippen molar-refractivity contribution in [1.29, 1.82) is 0 Å². The molecular formula is C8H8NO2. The van der Waals surface area contributed by atoms with Gasteiger partial charge in [0.15, 0.2) is 0 Å². The molecule has 0 aromatic heterocycles. The van der Waals surface area contributed by atoms with Crippen LogP contribution in [0.1, 0.15) is 5.56 Å². The Morgan fingerprint density at radius 3 is 2.55 bits per heavy atom. The molecule has 1 rings (SSSR count). The van der Waals surface area contributed by atoms with E-state index in [-0.39, 0.29) is 5.75 Å². The lowest BCUT2D eigenvalue weighted by molar-refractivity contribution is 0.475. The summed E-state index contributed by atoms with van der Waals surface area (Å²) in [5, 5.41) is 11.3. The Morgan fingerprint density at radius 1 is 1.36 bits per heavy atom. The molecule has 0 spiro atoms. The first-order valence-electron chi connectivity index (χ1n) is 3.21. The number of carbonyl (C=O) groups excluding carboxylic acids is 1. The van der Waals surface area contributed by atoms with Crippen LogP contribution in [-0.2, 0) is 11.3 Å². The van der Waals surface area contributed by atoms with Crippen LogP contribution in [0.15, 0.2) is 24.3 Å². The van der Waals surface area contributed by atoms with Crippen molar-refractivity contribution < 1.29 is 9.90 Å². The summed E-state index contributed by atoms with van der Waals surface area (Å²) in [5.41, 5.74) is 0.936. The number of aromatic hydroxyl groups is 1. The Morgan fingerprint density at radius 2 is 2.00 bits per heavy atom. The van der Waals surface area contributed by atoms with Crippen LogP contribution in [0.4, 0.5) is 0 Å². The van der Waals surface area contributed by atoms with E-state index in [0.29, 0.717) is 6.54 Å². The molecule has 0 unspecified atom stereocenters. The Bertz CT molecular complexity index is 230. The molecule has 0 fully saturated rings. The monoisotopic (exact) mass is 150 g/mol.